The van der Waals surface area contributed by atoms with Crippen LogP contribution in [-0.2, 0) is 14.2 Å². The molecule has 0 aliphatic heterocycles. The summed E-state index contributed by atoms with van der Waals surface area (Å²) in [4.78, 5) is 32.5. The van der Waals surface area contributed by atoms with E-state index in [1.165, 1.54) is 28.8 Å². The van der Waals surface area contributed by atoms with Crippen molar-refractivity contribution in [2.75, 3.05) is 31.8 Å². The molecule has 0 aliphatic carbocycles. The van der Waals surface area contributed by atoms with E-state index in [-0.39, 0.29) is 30.5 Å². The topological polar surface area (TPSA) is 112 Å². The Kier molecular flexibility index (Phi) is 7.68. The number of amides is 1. The molecule has 0 aliphatic rings. The Bertz CT molecular complexity index is 1270. The molecule has 0 bridgehead atoms. The molecule has 0 saturated carbocycles. The first-order valence-electron chi connectivity index (χ1n) is 11.8. The minimum Gasteiger partial charge on any atom is -0.504 e. The fourth-order valence-electron chi connectivity index (χ4n) is 3.73. The second kappa shape index (κ2) is 10.2. The number of nitrogens with zero attached hydrogens (tertiary/aromatic N) is 3. The molecule has 10 heteroatoms. The lowest BCUT2D eigenvalue weighted by molar-refractivity contribution is 0.0546. The van der Waals surface area contributed by atoms with Gasteiger partial charge in [-0.25, -0.2) is 19.1 Å². The van der Waals surface area contributed by atoms with Crippen molar-refractivity contribution < 1.29 is 33.6 Å². The first kappa shape index (κ1) is 27.1. The smallest absolute Gasteiger partial charge is 0.419 e. The van der Waals surface area contributed by atoms with Crippen molar-refractivity contribution >= 4 is 39.8 Å². The molecule has 0 atom stereocenters. The molecule has 36 heavy (non-hydrogen) atoms. The first-order chi connectivity index (χ1) is 16.8. The van der Waals surface area contributed by atoms with Gasteiger partial charge in [0.25, 0.3) is 0 Å². The van der Waals surface area contributed by atoms with Crippen LogP contribution >= 0.6 is 0 Å². The number of rotatable bonds is 6. The summed E-state index contributed by atoms with van der Waals surface area (Å²) < 4.78 is 23.5. The van der Waals surface area contributed by atoms with Gasteiger partial charge < -0.3 is 24.1 Å². The molecule has 0 saturated heterocycles. The molecular formula is C26H35N3O7. The van der Waals surface area contributed by atoms with E-state index in [0.717, 1.165) is 0 Å². The van der Waals surface area contributed by atoms with Crippen LogP contribution < -0.4 is 9.64 Å². The molecule has 2 heterocycles. The Labute approximate surface area is 210 Å². The van der Waals surface area contributed by atoms with Gasteiger partial charge in [-0.2, -0.15) is 0 Å². The van der Waals surface area contributed by atoms with Crippen molar-refractivity contribution in [3.63, 3.8) is 0 Å². The van der Waals surface area contributed by atoms with Gasteiger partial charge in [0.2, 0.25) is 0 Å². The van der Waals surface area contributed by atoms with Gasteiger partial charge in [-0.1, -0.05) is 0 Å². The van der Waals surface area contributed by atoms with Crippen LogP contribution in [-0.4, -0.2) is 64.9 Å². The maximum Gasteiger partial charge on any atom is 0.419 e. The van der Waals surface area contributed by atoms with Crippen molar-refractivity contribution in [3.05, 3.63) is 24.4 Å². The lowest BCUT2D eigenvalue weighted by Gasteiger charge is -2.27. The number of fused-ring (bicyclic) bond motifs is 3. The minimum absolute atomic E-state index is 0.146. The minimum atomic E-state index is -0.760. The Morgan fingerprint density at radius 1 is 1.06 bits per heavy atom. The second-order valence-electron chi connectivity index (χ2n) is 10.2. The fraction of sp³-hybridized carbons (Fsp3) is 0.500. The second-order valence-corrected chi connectivity index (χ2v) is 10.2. The van der Waals surface area contributed by atoms with Crippen molar-refractivity contribution in [1.82, 2.24) is 9.55 Å². The van der Waals surface area contributed by atoms with E-state index in [2.05, 4.69) is 4.98 Å². The van der Waals surface area contributed by atoms with Gasteiger partial charge >= 0.3 is 12.2 Å². The number of phenols is 1. The third-order valence-corrected chi connectivity index (χ3v) is 5.07. The molecule has 1 aromatic carbocycles. The zero-order valence-corrected chi connectivity index (χ0v) is 22.2. The lowest BCUT2D eigenvalue weighted by atomic mass is 10.1. The highest BCUT2D eigenvalue weighted by atomic mass is 16.6. The van der Waals surface area contributed by atoms with E-state index < -0.39 is 23.4 Å². The van der Waals surface area contributed by atoms with E-state index in [9.17, 15) is 14.7 Å². The van der Waals surface area contributed by atoms with E-state index in [0.29, 0.717) is 28.4 Å². The highest BCUT2D eigenvalue weighted by molar-refractivity contribution is 6.18. The molecular weight excluding hydrogens is 466 g/mol. The van der Waals surface area contributed by atoms with Crippen molar-refractivity contribution in [1.29, 1.82) is 0 Å². The van der Waals surface area contributed by atoms with Crippen molar-refractivity contribution in [2.45, 2.75) is 59.7 Å². The zero-order chi connectivity index (χ0) is 26.8. The summed E-state index contributed by atoms with van der Waals surface area (Å²) >= 11 is 0. The van der Waals surface area contributed by atoms with Crippen LogP contribution in [0.15, 0.2) is 24.4 Å². The van der Waals surface area contributed by atoms with E-state index in [1.54, 1.807) is 53.7 Å². The van der Waals surface area contributed by atoms with Gasteiger partial charge in [0.05, 0.1) is 36.7 Å². The molecule has 3 aromatic rings. The Hall–Kier alpha value is -3.53. The Morgan fingerprint density at radius 2 is 1.72 bits per heavy atom. The van der Waals surface area contributed by atoms with E-state index >= 15 is 0 Å². The molecule has 0 fully saturated rings. The number of phenolic OH excluding ortho intramolecular Hbond substituents is 1. The number of carbonyl (C=O) groups excluding carboxylic acids is 2. The summed E-state index contributed by atoms with van der Waals surface area (Å²) in [7, 11) is 1.43. The highest BCUT2D eigenvalue weighted by Gasteiger charge is 2.30. The third kappa shape index (κ3) is 5.81. The number of ether oxygens (including phenoxy) is 4. The number of methoxy groups -OCH3 is 1. The van der Waals surface area contributed by atoms with Gasteiger partial charge in [0.15, 0.2) is 11.5 Å². The maximum absolute atomic E-state index is 13.3. The summed E-state index contributed by atoms with van der Waals surface area (Å²) in [6.07, 6.45) is 0.264. The highest BCUT2D eigenvalue weighted by Crippen LogP contribution is 2.40. The van der Waals surface area contributed by atoms with Crippen molar-refractivity contribution in [2.24, 2.45) is 0 Å². The van der Waals surface area contributed by atoms with Crippen LogP contribution in [0, 0.1) is 0 Å². The standard InChI is InChI=1S/C26H35N3O7/c1-9-34-13-12-28(23(31)35-25(2,3)4)22-21-16-14-20(33-8)19(30)15-18(16)29(17(21)10-11-27-22)24(32)36-26(5,6)7/h10-11,14-15,30H,9,12-13H2,1-8H3. The fourth-order valence-corrected chi connectivity index (χ4v) is 3.73. The summed E-state index contributed by atoms with van der Waals surface area (Å²) in [6, 6.07) is 4.69. The number of aromatic nitrogens is 2. The first-order valence-corrected chi connectivity index (χ1v) is 11.8. The molecule has 196 valence electrons. The number of pyridine rings is 1. The molecule has 2 aromatic heterocycles. The lowest BCUT2D eigenvalue weighted by Crippen LogP contribution is -2.39. The number of carbonyl (C=O) groups is 2. The maximum atomic E-state index is 13.3. The largest absolute Gasteiger partial charge is 0.504 e. The zero-order valence-electron chi connectivity index (χ0n) is 22.2. The molecule has 10 nitrogen and oxygen atoms in total. The van der Waals surface area contributed by atoms with Crippen LogP contribution in [0.3, 0.4) is 0 Å². The van der Waals surface area contributed by atoms with Gasteiger partial charge in [0, 0.05) is 24.3 Å². The van der Waals surface area contributed by atoms with Gasteiger partial charge in [-0.3, -0.25) is 4.90 Å². The number of aromatic hydroxyl groups is 1. The number of anilines is 1. The Balaban J connectivity index is 2.34. The van der Waals surface area contributed by atoms with E-state index in [1.807, 2.05) is 6.92 Å². The Morgan fingerprint density at radius 3 is 2.31 bits per heavy atom. The molecule has 1 N–H and O–H groups in total. The van der Waals surface area contributed by atoms with Gasteiger partial charge in [-0.15, -0.1) is 0 Å². The molecule has 0 spiro atoms. The monoisotopic (exact) mass is 501 g/mol. The average Bonchev–Trinajstić information content (AvgIpc) is 3.07. The van der Waals surface area contributed by atoms with Crippen LogP contribution in [0.2, 0.25) is 0 Å². The molecule has 3 rings (SSSR count). The van der Waals surface area contributed by atoms with Crippen LogP contribution in [0.5, 0.6) is 11.5 Å². The van der Waals surface area contributed by atoms with Crippen LogP contribution in [0.4, 0.5) is 15.4 Å². The third-order valence-electron chi connectivity index (χ3n) is 5.07. The molecule has 0 radical (unpaired) electrons. The summed E-state index contributed by atoms with van der Waals surface area (Å²) in [5.74, 6) is 0.340. The van der Waals surface area contributed by atoms with Crippen molar-refractivity contribution in [3.8, 4) is 11.5 Å². The van der Waals surface area contributed by atoms with Gasteiger partial charge in [-0.05, 0) is 60.6 Å². The van der Waals surface area contributed by atoms with Gasteiger partial charge in [0.1, 0.15) is 17.0 Å². The quantitative estimate of drug-likeness (QED) is 0.443. The predicted octanol–water partition coefficient (Wildman–Crippen LogP) is 5.46. The number of hydrogen-bond acceptors (Lipinski definition) is 8. The average molecular weight is 502 g/mol. The summed E-state index contributed by atoms with van der Waals surface area (Å²) in [5.41, 5.74) is -0.679. The molecule has 0 unspecified atom stereocenters. The van der Waals surface area contributed by atoms with E-state index in [4.69, 9.17) is 18.9 Å². The summed E-state index contributed by atoms with van der Waals surface area (Å²) in [5, 5.41) is 11.5. The number of hydrogen-bond donors (Lipinski definition) is 1. The predicted molar refractivity (Wildman–Crippen MR) is 137 cm³/mol. The van der Waals surface area contributed by atoms with Crippen LogP contribution in [0.25, 0.3) is 21.8 Å². The van der Waals surface area contributed by atoms with Crippen LogP contribution in [0.1, 0.15) is 48.5 Å². The summed E-state index contributed by atoms with van der Waals surface area (Å²) in [6.45, 7) is 13.4. The SMILES string of the molecule is CCOCCN(C(=O)OC(C)(C)C)c1nccc2c1c1cc(OC)c(O)cc1n2C(=O)OC(C)(C)C. The normalized spacial score (nSPS) is 12.1. The molecule has 1 amide bonds. The number of benzene rings is 1.